The number of nitrogens with two attached hydrogens (primary N) is 1. The Balaban J connectivity index is 2.85. The number of anilines is 2. The Morgan fingerprint density at radius 2 is 2.00 bits per heavy atom. The molecule has 0 saturated heterocycles. The molecule has 4 nitrogen and oxygen atoms in total. The van der Waals surface area contributed by atoms with E-state index >= 15 is 0 Å². The predicted octanol–water partition coefficient (Wildman–Crippen LogP) is 2.81. The second-order valence-electron chi connectivity index (χ2n) is 4.78. The van der Waals surface area contributed by atoms with Gasteiger partial charge in [0.05, 0.1) is 0 Å². The monoisotopic (exact) mass is 236 g/mol. The Hall–Kier alpha value is -1.32. The molecule has 96 valence electrons. The molecule has 0 aliphatic rings. The number of hydrogen-bond acceptors (Lipinski definition) is 4. The molecule has 1 aromatic rings. The fourth-order valence-electron chi connectivity index (χ4n) is 1.96. The lowest BCUT2D eigenvalue weighted by Crippen LogP contribution is -2.22. The van der Waals surface area contributed by atoms with Crippen molar-refractivity contribution in [3.8, 4) is 0 Å². The topological polar surface area (TPSA) is 55.0 Å². The molecule has 0 aliphatic heterocycles. The zero-order valence-electron chi connectivity index (χ0n) is 11.4. The number of hydrogen-bond donors (Lipinski definition) is 1. The Morgan fingerprint density at radius 1 is 1.29 bits per heavy atom. The van der Waals surface area contributed by atoms with Gasteiger partial charge in [0.15, 0.2) is 0 Å². The summed E-state index contributed by atoms with van der Waals surface area (Å²) in [5, 5.41) is 0. The molecule has 0 unspecified atom stereocenters. The van der Waals surface area contributed by atoms with E-state index in [9.17, 15) is 0 Å². The number of nitrogens with zero attached hydrogens (tertiary/aromatic N) is 3. The van der Waals surface area contributed by atoms with E-state index in [2.05, 4.69) is 42.7 Å². The van der Waals surface area contributed by atoms with Crippen LogP contribution in [0.5, 0.6) is 0 Å². The fourth-order valence-corrected chi connectivity index (χ4v) is 1.96. The average Bonchev–Trinajstić information content (AvgIpc) is 2.28. The molecule has 0 atom stereocenters. The third-order valence-corrected chi connectivity index (χ3v) is 2.93. The molecule has 1 rings (SSSR count). The van der Waals surface area contributed by atoms with Gasteiger partial charge in [0.2, 0.25) is 0 Å². The van der Waals surface area contributed by atoms with Crippen LogP contribution in [0.4, 0.5) is 11.6 Å². The lowest BCUT2D eigenvalue weighted by Gasteiger charge is -2.23. The van der Waals surface area contributed by atoms with E-state index in [0.29, 0.717) is 11.7 Å². The van der Waals surface area contributed by atoms with Gasteiger partial charge in [0, 0.05) is 19.2 Å². The first-order valence-electron chi connectivity index (χ1n) is 6.39. The van der Waals surface area contributed by atoms with Crippen molar-refractivity contribution in [3.05, 3.63) is 11.9 Å². The van der Waals surface area contributed by atoms with Gasteiger partial charge in [0.1, 0.15) is 18.0 Å². The van der Waals surface area contributed by atoms with Crippen LogP contribution in [0.25, 0.3) is 0 Å². The van der Waals surface area contributed by atoms with Gasteiger partial charge in [-0.1, -0.05) is 33.6 Å². The van der Waals surface area contributed by atoms with E-state index in [-0.39, 0.29) is 0 Å². The summed E-state index contributed by atoms with van der Waals surface area (Å²) in [7, 11) is 2.07. The summed E-state index contributed by atoms with van der Waals surface area (Å²) in [5.74, 6) is 1.93. The molecule has 2 N–H and O–H groups in total. The van der Waals surface area contributed by atoms with Gasteiger partial charge in [-0.2, -0.15) is 0 Å². The minimum absolute atomic E-state index is 0.347. The minimum atomic E-state index is 0.347. The highest BCUT2D eigenvalue weighted by Crippen LogP contribution is 2.28. The second kappa shape index (κ2) is 6.42. The summed E-state index contributed by atoms with van der Waals surface area (Å²) in [6.07, 6.45) is 5.22. The van der Waals surface area contributed by atoms with E-state index in [1.807, 2.05) is 0 Å². The summed E-state index contributed by atoms with van der Waals surface area (Å²) in [5.41, 5.74) is 7.00. The minimum Gasteiger partial charge on any atom is -0.383 e. The summed E-state index contributed by atoms with van der Waals surface area (Å²) < 4.78 is 0. The van der Waals surface area contributed by atoms with Gasteiger partial charge in [-0.15, -0.1) is 0 Å². The normalized spacial score (nSPS) is 10.9. The second-order valence-corrected chi connectivity index (χ2v) is 4.78. The maximum Gasteiger partial charge on any atom is 0.137 e. The molecule has 0 bridgehead atoms. The summed E-state index contributed by atoms with van der Waals surface area (Å²) in [4.78, 5) is 10.6. The molecular formula is C13H24N4. The average molecular weight is 236 g/mol. The molecule has 4 heteroatoms. The van der Waals surface area contributed by atoms with Gasteiger partial charge < -0.3 is 10.6 Å². The zero-order valence-corrected chi connectivity index (χ0v) is 11.4. The van der Waals surface area contributed by atoms with Crippen LogP contribution < -0.4 is 10.6 Å². The van der Waals surface area contributed by atoms with E-state index in [0.717, 1.165) is 17.9 Å². The highest BCUT2D eigenvalue weighted by atomic mass is 15.2. The van der Waals surface area contributed by atoms with Gasteiger partial charge in [-0.3, -0.25) is 0 Å². The zero-order chi connectivity index (χ0) is 12.8. The first-order valence-corrected chi connectivity index (χ1v) is 6.39. The highest BCUT2D eigenvalue weighted by Gasteiger charge is 2.15. The van der Waals surface area contributed by atoms with Gasteiger partial charge in [-0.05, 0) is 12.3 Å². The number of unbranched alkanes of at least 4 members (excludes halogenated alkanes) is 2. The number of rotatable bonds is 6. The van der Waals surface area contributed by atoms with E-state index in [1.165, 1.54) is 19.3 Å². The summed E-state index contributed by atoms with van der Waals surface area (Å²) >= 11 is 0. The molecule has 0 saturated carbocycles. The Labute approximate surface area is 104 Å². The third kappa shape index (κ3) is 3.58. The van der Waals surface area contributed by atoms with Gasteiger partial charge >= 0.3 is 0 Å². The first kappa shape index (κ1) is 13.7. The van der Waals surface area contributed by atoms with Gasteiger partial charge in [0.25, 0.3) is 0 Å². The smallest absolute Gasteiger partial charge is 0.137 e. The SMILES string of the molecule is CCCCCN(C)c1ncnc(N)c1C(C)C. The van der Waals surface area contributed by atoms with Crippen LogP contribution in [0.2, 0.25) is 0 Å². The van der Waals surface area contributed by atoms with Crippen LogP contribution in [0.3, 0.4) is 0 Å². The lowest BCUT2D eigenvalue weighted by atomic mass is 10.0. The van der Waals surface area contributed by atoms with Crippen molar-refractivity contribution < 1.29 is 0 Å². The van der Waals surface area contributed by atoms with Crippen LogP contribution >= 0.6 is 0 Å². The van der Waals surface area contributed by atoms with Crippen LogP contribution in [0, 0.1) is 0 Å². The molecule has 0 aliphatic carbocycles. The van der Waals surface area contributed by atoms with E-state index in [4.69, 9.17) is 5.73 Å². The van der Waals surface area contributed by atoms with Crippen LogP contribution in [-0.2, 0) is 0 Å². The van der Waals surface area contributed by atoms with E-state index < -0.39 is 0 Å². The van der Waals surface area contributed by atoms with Crippen molar-refractivity contribution in [1.29, 1.82) is 0 Å². The summed E-state index contributed by atoms with van der Waals surface area (Å²) in [6, 6.07) is 0. The molecular weight excluding hydrogens is 212 g/mol. The molecule has 0 spiro atoms. The Bertz CT molecular complexity index is 349. The van der Waals surface area contributed by atoms with Crippen LogP contribution in [0.15, 0.2) is 6.33 Å². The maximum atomic E-state index is 5.94. The Morgan fingerprint density at radius 3 is 2.59 bits per heavy atom. The molecule has 1 heterocycles. The molecule has 0 radical (unpaired) electrons. The van der Waals surface area contributed by atoms with Crippen LogP contribution in [-0.4, -0.2) is 23.6 Å². The van der Waals surface area contributed by atoms with Gasteiger partial charge in [-0.25, -0.2) is 9.97 Å². The number of aromatic nitrogens is 2. The summed E-state index contributed by atoms with van der Waals surface area (Å²) in [6.45, 7) is 7.48. The van der Waals surface area contributed by atoms with Crippen molar-refractivity contribution in [1.82, 2.24) is 9.97 Å². The first-order chi connectivity index (χ1) is 8.07. The van der Waals surface area contributed by atoms with Crippen LogP contribution in [0.1, 0.15) is 51.5 Å². The van der Waals surface area contributed by atoms with Crippen molar-refractivity contribution in [2.75, 3.05) is 24.2 Å². The van der Waals surface area contributed by atoms with Crippen molar-refractivity contribution in [2.24, 2.45) is 0 Å². The van der Waals surface area contributed by atoms with E-state index in [1.54, 1.807) is 6.33 Å². The molecule has 0 aromatic carbocycles. The fraction of sp³-hybridized carbons (Fsp3) is 0.692. The van der Waals surface area contributed by atoms with Crippen molar-refractivity contribution in [3.63, 3.8) is 0 Å². The predicted molar refractivity (Wildman–Crippen MR) is 73.3 cm³/mol. The lowest BCUT2D eigenvalue weighted by molar-refractivity contribution is 0.695. The molecule has 0 amide bonds. The molecule has 17 heavy (non-hydrogen) atoms. The standard InChI is InChI=1S/C13H24N4/c1-5-6-7-8-17(4)13-11(10(2)3)12(14)15-9-16-13/h9-10H,5-8H2,1-4H3,(H2,14,15,16). The van der Waals surface area contributed by atoms with Crippen molar-refractivity contribution >= 4 is 11.6 Å². The number of nitrogen functional groups attached to an aromatic ring is 1. The third-order valence-electron chi connectivity index (χ3n) is 2.93. The Kier molecular flexibility index (Phi) is 5.19. The quantitative estimate of drug-likeness (QED) is 0.772. The molecule has 1 aromatic heterocycles. The van der Waals surface area contributed by atoms with Crippen molar-refractivity contribution in [2.45, 2.75) is 46.0 Å². The maximum absolute atomic E-state index is 5.94. The largest absolute Gasteiger partial charge is 0.383 e. The molecule has 0 fully saturated rings. The highest BCUT2D eigenvalue weighted by molar-refractivity contribution is 5.57.